The first-order valence-electron chi connectivity index (χ1n) is 9.94. The van der Waals surface area contributed by atoms with E-state index in [4.69, 9.17) is 16.3 Å². The second-order valence-electron chi connectivity index (χ2n) is 8.24. The van der Waals surface area contributed by atoms with E-state index in [1.807, 2.05) is 0 Å². The van der Waals surface area contributed by atoms with E-state index in [1.54, 1.807) is 37.5 Å². The van der Waals surface area contributed by atoms with Crippen LogP contribution in [0.3, 0.4) is 0 Å². The number of fused-ring (bicyclic) bond motifs is 3. The molecule has 2 aromatic carbocycles. The average Bonchev–Trinajstić information content (AvgIpc) is 3.05. The van der Waals surface area contributed by atoms with Gasteiger partial charge in [-0.05, 0) is 61.0 Å². The molecule has 0 spiro atoms. The molecule has 1 N–H and O–H groups in total. The SMILES string of the molecule is CC(C)(C)OC(=O)NCc1nnc2n1-c1ccc(Br)c(Cl)c1C(c1c(F)cccc1F)=NC2. The Morgan fingerprint density at radius 3 is 2.55 bits per heavy atom. The lowest BCUT2D eigenvalue weighted by Gasteiger charge is -2.20. The molecule has 0 bridgehead atoms. The van der Waals surface area contributed by atoms with Gasteiger partial charge in [0.2, 0.25) is 0 Å². The molecule has 11 heteroatoms. The molecule has 0 atom stereocenters. The molecule has 0 saturated carbocycles. The zero-order valence-corrected chi connectivity index (χ0v) is 20.3. The Kier molecular flexibility index (Phi) is 6.24. The van der Waals surface area contributed by atoms with E-state index in [1.165, 1.54) is 6.07 Å². The number of hydrogen-bond acceptors (Lipinski definition) is 5. The first kappa shape index (κ1) is 23.3. The number of carbonyl (C=O) groups is 1. The van der Waals surface area contributed by atoms with Gasteiger partial charge >= 0.3 is 6.09 Å². The van der Waals surface area contributed by atoms with Crippen LogP contribution in [-0.4, -0.2) is 32.2 Å². The van der Waals surface area contributed by atoms with Crippen molar-refractivity contribution < 1.29 is 18.3 Å². The Balaban J connectivity index is 1.81. The van der Waals surface area contributed by atoms with Gasteiger partial charge in [-0.25, -0.2) is 13.6 Å². The third kappa shape index (κ3) is 4.63. The van der Waals surface area contributed by atoms with Gasteiger partial charge in [-0.3, -0.25) is 9.56 Å². The number of nitrogens with zero attached hydrogens (tertiary/aromatic N) is 4. The minimum absolute atomic E-state index is 0.00156. The third-order valence-electron chi connectivity index (χ3n) is 4.72. The number of aromatic nitrogens is 3. The first-order valence-corrected chi connectivity index (χ1v) is 11.1. The molecule has 0 unspecified atom stereocenters. The minimum atomic E-state index is -0.764. The third-order valence-corrected chi connectivity index (χ3v) is 6.00. The van der Waals surface area contributed by atoms with Crippen LogP contribution in [0, 0.1) is 11.6 Å². The number of nitrogens with one attached hydrogen (secondary N) is 1. The lowest BCUT2D eigenvalue weighted by Crippen LogP contribution is -2.32. The molecule has 0 aliphatic carbocycles. The fourth-order valence-corrected chi connectivity index (χ4v) is 4.00. The van der Waals surface area contributed by atoms with Gasteiger partial charge in [0.25, 0.3) is 0 Å². The number of rotatable bonds is 3. The molecule has 33 heavy (non-hydrogen) atoms. The van der Waals surface area contributed by atoms with E-state index in [2.05, 4.69) is 36.4 Å². The molecule has 0 radical (unpaired) electrons. The van der Waals surface area contributed by atoms with Crippen molar-refractivity contribution in [2.75, 3.05) is 0 Å². The van der Waals surface area contributed by atoms with Crippen molar-refractivity contribution in [3.05, 3.63) is 74.2 Å². The van der Waals surface area contributed by atoms with Crippen LogP contribution in [0.4, 0.5) is 13.6 Å². The standard InChI is InChI=1S/C22H19BrClF2N5O2/c1-22(2,3)33-21(32)28-10-16-30-29-15-9-27-20(17-12(25)5-4-6-13(17)26)18-14(31(15)16)8-7-11(23)19(18)24/h4-8H,9-10H2,1-3H3,(H,28,32). The summed E-state index contributed by atoms with van der Waals surface area (Å²) in [6.07, 6.45) is -0.618. The normalized spacial score (nSPS) is 13.0. The smallest absolute Gasteiger partial charge is 0.408 e. The summed E-state index contributed by atoms with van der Waals surface area (Å²) in [6, 6.07) is 7.02. The lowest BCUT2D eigenvalue weighted by atomic mass is 9.99. The number of halogens is 4. The monoisotopic (exact) mass is 537 g/mol. The summed E-state index contributed by atoms with van der Waals surface area (Å²) >= 11 is 9.98. The highest BCUT2D eigenvalue weighted by Crippen LogP contribution is 2.36. The number of alkyl carbamates (subject to hydrolysis) is 1. The predicted molar refractivity (Wildman–Crippen MR) is 123 cm³/mol. The van der Waals surface area contributed by atoms with Crippen LogP contribution in [0.2, 0.25) is 5.02 Å². The van der Waals surface area contributed by atoms with E-state index in [0.717, 1.165) is 12.1 Å². The molecule has 1 aliphatic heterocycles. The largest absolute Gasteiger partial charge is 0.444 e. The predicted octanol–water partition coefficient (Wildman–Crippen LogP) is 5.34. The molecule has 2 heterocycles. The molecule has 1 aliphatic rings. The quantitative estimate of drug-likeness (QED) is 0.488. The summed E-state index contributed by atoms with van der Waals surface area (Å²) in [4.78, 5) is 16.6. The van der Waals surface area contributed by atoms with Crippen LogP contribution in [0.25, 0.3) is 5.69 Å². The maximum absolute atomic E-state index is 14.7. The fraction of sp³-hybridized carbons (Fsp3) is 0.273. The highest BCUT2D eigenvalue weighted by Gasteiger charge is 2.29. The number of ether oxygens (including phenoxy) is 1. The van der Waals surface area contributed by atoms with E-state index in [0.29, 0.717) is 27.4 Å². The van der Waals surface area contributed by atoms with Crippen LogP contribution in [0.1, 0.15) is 43.5 Å². The number of carbonyl (C=O) groups excluding carboxylic acids is 1. The summed E-state index contributed by atoms with van der Waals surface area (Å²) in [7, 11) is 0. The van der Waals surface area contributed by atoms with E-state index in [-0.39, 0.29) is 29.4 Å². The second kappa shape index (κ2) is 8.83. The average molecular weight is 539 g/mol. The van der Waals surface area contributed by atoms with Gasteiger partial charge in [-0.15, -0.1) is 10.2 Å². The van der Waals surface area contributed by atoms with Gasteiger partial charge in [-0.2, -0.15) is 0 Å². The van der Waals surface area contributed by atoms with Gasteiger partial charge in [0.05, 0.1) is 28.5 Å². The molecular weight excluding hydrogens is 520 g/mol. The zero-order chi connectivity index (χ0) is 23.9. The van der Waals surface area contributed by atoms with Crippen molar-refractivity contribution in [2.24, 2.45) is 4.99 Å². The van der Waals surface area contributed by atoms with Crippen LogP contribution < -0.4 is 5.32 Å². The van der Waals surface area contributed by atoms with Crippen molar-refractivity contribution >= 4 is 39.3 Å². The number of aliphatic imine (C=N–C) groups is 1. The Morgan fingerprint density at radius 1 is 1.18 bits per heavy atom. The second-order valence-corrected chi connectivity index (χ2v) is 9.47. The summed E-state index contributed by atoms with van der Waals surface area (Å²) < 4.78 is 36.9. The number of amides is 1. The fourth-order valence-electron chi connectivity index (χ4n) is 3.42. The van der Waals surface area contributed by atoms with Crippen LogP contribution in [0.15, 0.2) is 39.8 Å². The molecular formula is C22H19BrClF2N5O2. The Morgan fingerprint density at radius 2 is 1.88 bits per heavy atom. The highest BCUT2D eigenvalue weighted by molar-refractivity contribution is 9.10. The minimum Gasteiger partial charge on any atom is -0.444 e. The van der Waals surface area contributed by atoms with Crippen LogP contribution in [0.5, 0.6) is 0 Å². The molecule has 172 valence electrons. The summed E-state index contributed by atoms with van der Waals surface area (Å²) in [6.45, 7) is 5.26. The summed E-state index contributed by atoms with van der Waals surface area (Å²) in [5.41, 5.74) is -0.102. The van der Waals surface area contributed by atoms with Crippen molar-refractivity contribution in [3.8, 4) is 5.69 Å². The Bertz CT molecular complexity index is 1270. The Labute approximate surface area is 202 Å². The van der Waals surface area contributed by atoms with E-state index >= 15 is 0 Å². The molecule has 7 nitrogen and oxygen atoms in total. The topological polar surface area (TPSA) is 81.4 Å². The molecule has 4 rings (SSSR count). The van der Waals surface area contributed by atoms with Crippen molar-refractivity contribution in [3.63, 3.8) is 0 Å². The van der Waals surface area contributed by atoms with Gasteiger partial charge < -0.3 is 10.1 Å². The van der Waals surface area contributed by atoms with Crippen molar-refractivity contribution in [2.45, 2.75) is 39.5 Å². The van der Waals surface area contributed by atoms with Gasteiger partial charge in [0.1, 0.15) is 23.8 Å². The van der Waals surface area contributed by atoms with Gasteiger partial charge in [0, 0.05) is 10.0 Å². The highest BCUT2D eigenvalue weighted by atomic mass is 79.9. The number of hydrogen-bond donors (Lipinski definition) is 1. The van der Waals surface area contributed by atoms with E-state index in [9.17, 15) is 13.6 Å². The molecule has 1 amide bonds. The molecule has 1 aromatic heterocycles. The van der Waals surface area contributed by atoms with Crippen molar-refractivity contribution in [1.82, 2.24) is 20.1 Å². The number of benzene rings is 2. The maximum atomic E-state index is 14.7. The summed E-state index contributed by atoms with van der Waals surface area (Å²) in [5.74, 6) is -0.733. The first-order chi connectivity index (χ1) is 15.6. The molecule has 3 aromatic rings. The van der Waals surface area contributed by atoms with E-state index < -0.39 is 23.3 Å². The Hall–Kier alpha value is -2.85. The van der Waals surface area contributed by atoms with Crippen molar-refractivity contribution in [1.29, 1.82) is 0 Å². The zero-order valence-electron chi connectivity index (χ0n) is 17.9. The van der Waals surface area contributed by atoms with Crippen LogP contribution >= 0.6 is 27.5 Å². The van der Waals surface area contributed by atoms with Gasteiger partial charge in [-0.1, -0.05) is 17.7 Å². The molecule has 0 saturated heterocycles. The van der Waals surface area contributed by atoms with Crippen LogP contribution in [-0.2, 0) is 17.8 Å². The maximum Gasteiger partial charge on any atom is 0.408 e. The molecule has 0 fully saturated rings. The lowest BCUT2D eigenvalue weighted by molar-refractivity contribution is 0.0522. The summed E-state index contributed by atoms with van der Waals surface area (Å²) in [5, 5.41) is 11.2. The van der Waals surface area contributed by atoms with Gasteiger partial charge in [0.15, 0.2) is 11.6 Å².